The number of carbonyl (C=O) groups is 1. The van der Waals surface area contributed by atoms with E-state index in [9.17, 15) is 4.79 Å². The first-order valence-corrected chi connectivity index (χ1v) is 4.78. The Balaban J connectivity index is 3.42. The molecule has 0 unspecified atom stereocenters. The van der Waals surface area contributed by atoms with Crippen molar-refractivity contribution in [2.75, 3.05) is 26.6 Å². The summed E-state index contributed by atoms with van der Waals surface area (Å²) in [5, 5.41) is 2.95. The summed E-state index contributed by atoms with van der Waals surface area (Å²) in [6.07, 6.45) is 1.65. The van der Waals surface area contributed by atoms with Gasteiger partial charge in [-0.25, -0.2) is 4.79 Å². The van der Waals surface area contributed by atoms with Gasteiger partial charge in [0.2, 0.25) is 0 Å². The lowest BCUT2D eigenvalue weighted by atomic mass is 10.1. The van der Waals surface area contributed by atoms with Crippen LogP contribution in [0, 0.1) is 0 Å². The Morgan fingerprint density at radius 2 is 2.12 bits per heavy atom. The third-order valence-electron chi connectivity index (χ3n) is 2.25. The largest absolute Gasteiger partial charge is 0.497 e. The molecular formula is C12H15NO3. The van der Waals surface area contributed by atoms with Crippen molar-refractivity contribution < 1.29 is 14.3 Å². The third-order valence-corrected chi connectivity index (χ3v) is 2.25. The van der Waals surface area contributed by atoms with Crippen LogP contribution >= 0.6 is 0 Å². The molecule has 0 bridgehead atoms. The Labute approximate surface area is 94.9 Å². The number of benzene rings is 1. The van der Waals surface area contributed by atoms with Crippen LogP contribution in [-0.4, -0.2) is 27.2 Å². The van der Waals surface area contributed by atoms with Gasteiger partial charge in [0, 0.05) is 12.6 Å². The summed E-state index contributed by atoms with van der Waals surface area (Å²) in [6, 6.07) is 3.43. The van der Waals surface area contributed by atoms with Crippen molar-refractivity contribution in [3.05, 3.63) is 29.8 Å². The van der Waals surface area contributed by atoms with Crippen LogP contribution in [0.25, 0.3) is 6.08 Å². The highest BCUT2D eigenvalue weighted by molar-refractivity contribution is 5.98. The SMILES string of the molecule is C=Cc1cc(OC)cc(C(=O)OC)c1NC. The molecule has 0 heterocycles. The van der Waals surface area contributed by atoms with E-state index in [0.29, 0.717) is 17.0 Å². The number of methoxy groups -OCH3 is 2. The van der Waals surface area contributed by atoms with Crippen molar-refractivity contribution in [3.63, 3.8) is 0 Å². The summed E-state index contributed by atoms with van der Waals surface area (Å²) >= 11 is 0. The molecule has 0 aromatic heterocycles. The van der Waals surface area contributed by atoms with E-state index in [-0.39, 0.29) is 0 Å². The minimum Gasteiger partial charge on any atom is -0.497 e. The van der Waals surface area contributed by atoms with Crippen molar-refractivity contribution in [3.8, 4) is 5.75 Å². The molecule has 0 saturated heterocycles. The zero-order chi connectivity index (χ0) is 12.1. The Morgan fingerprint density at radius 1 is 1.44 bits per heavy atom. The zero-order valence-corrected chi connectivity index (χ0v) is 9.66. The molecule has 1 aromatic rings. The van der Waals surface area contributed by atoms with Crippen molar-refractivity contribution >= 4 is 17.7 Å². The fraction of sp³-hybridized carbons (Fsp3) is 0.250. The topological polar surface area (TPSA) is 47.6 Å². The van der Waals surface area contributed by atoms with Crippen molar-refractivity contribution in [1.82, 2.24) is 0 Å². The molecule has 0 atom stereocenters. The molecule has 86 valence electrons. The molecule has 4 nitrogen and oxygen atoms in total. The van der Waals surface area contributed by atoms with Gasteiger partial charge in [0.25, 0.3) is 0 Å². The number of carbonyl (C=O) groups excluding carboxylic acids is 1. The van der Waals surface area contributed by atoms with E-state index in [1.54, 1.807) is 32.4 Å². The monoisotopic (exact) mass is 221 g/mol. The molecule has 0 aliphatic heterocycles. The minimum atomic E-state index is -0.411. The van der Waals surface area contributed by atoms with Crippen LogP contribution in [-0.2, 0) is 4.74 Å². The van der Waals surface area contributed by atoms with Gasteiger partial charge < -0.3 is 14.8 Å². The second-order valence-corrected chi connectivity index (χ2v) is 3.08. The van der Waals surface area contributed by atoms with Gasteiger partial charge in [-0.15, -0.1) is 0 Å². The Hall–Kier alpha value is -1.97. The van der Waals surface area contributed by atoms with E-state index in [4.69, 9.17) is 9.47 Å². The van der Waals surface area contributed by atoms with Crippen LogP contribution in [0.2, 0.25) is 0 Å². The molecular weight excluding hydrogens is 206 g/mol. The zero-order valence-electron chi connectivity index (χ0n) is 9.66. The molecule has 0 aliphatic carbocycles. The Morgan fingerprint density at radius 3 is 2.56 bits per heavy atom. The molecule has 0 amide bonds. The first-order chi connectivity index (χ1) is 7.67. The first-order valence-electron chi connectivity index (χ1n) is 4.78. The average Bonchev–Trinajstić information content (AvgIpc) is 2.35. The maximum Gasteiger partial charge on any atom is 0.340 e. The Kier molecular flexibility index (Phi) is 3.94. The van der Waals surface area contributed by atoms with Crippen LogP contribution in [0.5, 0.6) is 5.75 Å². The summed E-state index contributed by atoms with van der Waals surface area (Å²) < 4.78 is 9.82. The second-order valence-electron chi connectivity index (χ2n) is 3.08. The molecule has 0 fully saturated rings. The van der Waals surface area contributed by atoms with Gasteiger partial charge in [-0.1, -0.05) is 12.7 Å². The fourth-order valence-electron chi connectivity index (χ4n) is 1.47. The van der Waals surface area contributed by atoms with Gasteiger partial charge >= 0.3 is 5.97 Å². The van der Waals surface area contributed by atoms with Crippen LogP contribution in [0.3, 0.4) is 0 Å². The Bertz CT molecular complexity index is 413. The number of esters is 1. The van der Waals surface area contributed by atoms with Gasteiger partial charge in [-0.2, -0.15) is 0 Å². The van der Waals surface area contributed by atoms with Crippen LogP contribution in [0.15, 0.2) is 18.7 Å². The van der Waals surface area contributed by atoms with Gasteiger partial charge in [0.15, 0.2) is 0 Å². The number of nitrogens with one attached hydrogen (secondary N) is 1. The van der Waals surface area contributed by atoms with Crippen LogP contribution in [0.4, 0.5) is 5.69 Å². The van der Waals surface area contributed by atoms with Gasteiger partial charge in [0.05, 0.1) is 25.5 Å². The lowest BCUT2D eigenvalue weighted by Gasteiger charge is -2.12. The molecule has 1 rings (SSSR count). The number of hydrogen-bond donors (Lipinski definition) is 1. The summed E-state index contributed by atoms with van der Waals surface area (Å²) in [5.74, 6) is 0.181. The number of anilines is 1. The van der Waals surface area contributed by atoms with Gasteiger partial charge in [-0.3, -0.25) is 0 Å². The number of rotatable bonds is 4. The van der Waals surface area contributed by atoms with Crippen LogP contribution in [0.1, 0.15) is 15.9 Å². The third kappa shape index (κ3) is 2.16. The maximum atomic E-state index is 11.6. The van der Waals surface area contributed by atoms with Crippen molar-refractivity contribution in [2.45, 2.75) is 0 Å². The highest BCUT2D eigenvalue weighted by Gasteiger charge is 2.15. The van der Waals surface area contributed by atoms with Crippen LogP contribution < -0.4 is 10.1 Å². The van der Waals surface area contributed by atoms with E-state index in [2.05, 4.69) is 11.9 Å². The van der Waals surface area contributed by atoms with E-state index in [0.717, 1.165) is 5.56 Å². The second kappa shape index (κ2) is 5.21. The van der Waals surface area contributed by atoms with E-state index in [1.807, 2.05) is 0 Å². The molecule has 4 heteroatoms. The summed E-state index contributed by atoms with van der Waals surface area (Å²) in [7, 11) is 4.62. The molecule has 0 aliphatic rings. The molecule has 1 aromatic carbocycles. The predicted octanol–water partition coefficient (Wildman–Crippen LogP) is 2.17. The van der Waals surface area contributed by atoms with Crippen molar-refractivity contribution in [1.29, 1.82) is 0 Å². The number of ether oxygens (including phenoxy) is 2. The fourth-order valence-corrected chi connectivity index (χ4v) is 1.47. The molecule has 0 saturated carbocycles. The predicted molar refractivity (Wildman–Crippen MR) is 64.0 cm³/mol. The smallest absolute Gasteiger partial charge is 0.340 e. The quantitative estimate of drug-likeness (QED) is 0.791. The maximum absolute atomic E-state index is 11.6. The van der Waals surface area contributed by atoms with E-state index in [1.165, 1.54) is 7.11 Å². The number of hydrogen-bond acceptors (Lipinski definition) is 4. The molecule has 0 spiro atoms. The van der Waals surface area contributed by atoms with E-state index < -0.39 is 5.97 Å². The summed E-state index contributed by atoms with van der Waals surface area (Å²) in [4.78, 5) is 11.6. The highest BCUT2D eigenvalue weighted by Crippen LogP contribution is 2.28. The molecule has 16 heavy (non-hydrogen) atoms. The summed E-state index contributed by atoms with van der Waals surface area (Å²) in [5.41, 5.74) is 1.91. The molecule has 1 N–H and O–H groups in total. The van der Waals surface area contributed by atoms with Crippen molar-refractivity contribution in [2.24, 2.45) is 0 Å². The lowest BCUT2D eigenvalue weighted by molar-refractivity contribution is 0.0601. The van der Waals surface area contributed by atoms with E-state index >= 15 is 0 Å². The van der Waals surface area contributed by atoms with Gasteiger partial charge in [0.1, 0.15) is 5.75 Å². The average molecular weight is 221 g/mol. The van der Waals surface area contributed by atoms with Gasteiger partial charge in [-0.05, 0) is 12.1 Å². The molecule has 0 radical (unpaired) electrons. The lowest BCUT2D eigenvalue weighted by Crippen LogP contribution is -2.07. The first kappa shape index (κ1) is 12.1. The minimum absolute atomic E-state index is 0.411. The summed E-state index contributed by atoms with van der Waals surface area (Å²) in [6.45, 7) is 3.69. The normalized spacial score (nSPS) is 9.44. The highest BCUT2D eigenvalue weighted by atomic mass is 16.5. The standard InChI is InChI=1S/C12H15NO3/c1-5-8-6-9(15-3)7-10(11(8)13-2)12(14)16-4/h5-7,13H,1H2,2-4H3.